The van der Waals surface area contributed by atoms with Crippen molar-refractivity contribution >= 4 is 11.7 Å². The quantitative estimate of drug-likeness (QED) is 0.653. The fourth-order valence-corrected chi connectivity index (χ4v) is 3.92. The summed E-state index contributed by atoms with van der Waals surface area (Å²) in [7, 11) is 3.40. The van der Waals surface area contributed by atoms with Crippen LogP contribution in [0.3, 0.4) is 0 Å². The lowest BCUT2D eigenvalue weighted by Gasteiger charge is -2.33. The molecule has 0 fully saturated rings. The van der Waals surface area contributed by atoms with Crippen LogP contribution < -0.4 is 5.32 Å². The van der Waals surface area contributed by atoms with Crippen molar-refractivity contribution in [1.29, 1.82) is 0 Å². The van der Waals surface area contributed by atoms with Gasteiger partial charge in [0.2, 0.25) is 0 Å². The van der Waals surface area contributed by atoms with E-state index < -0.39 is 24.2 Å². The summed E-state index contributed by atoms with van der Waals surface area (Å²) < 4.78 is 44.2. The van der Waals surface area contributed by atoms with Crippen molar-refractivity contribution in [3.8, 4) is 0 Å². The van der Waals surface area contributed by atoms with E-state index in [1.807, 2.05) is 38.1 Å². The zero-order valence-corrected chi connectivity index (χ0v) is 18.3. The van der Waals surface area contributed by atoms with Gasteiger partial charge in [0.15, 0.2) is 11.7 Å². The molecule has 32 heavy (non-hydrogen) atoms. The summed E-state index contributed by atoms with van der Waals surface area (Å²) in [5.41, 5.74) is 3.53. The highest BCUT2D eigenvalue weighted by Gasteiger charge is 2.46. The topological polar surface area (TPSA) is 68.0 Å². The van der Waals surface area contributed by atoms with Gasteiger partial charge in [0.05, 0.1) is 12.2 Å². The molecular formula is C22H25F3N6O. The number of carbonyl (C=O) groups is 1. The average Bonchev–Trinajstić information content (AvgIpc) is 3.30. The number of aryl methyl sites for hydroxylation is 2. The largest absolute Gasteiger partial charge is 0.410 e. The van der Waals surface area contributed by atoms with Crippen molar-refractivity contribution in [2.45, 2.75) is 45.1 Å². The van der Waals surface area contributed by atoms with Crippen molar-refractivity contribution in [2.24, 2.45) is 7.05 Å². The highest BCUT2D eigenvalue weighted by Crippen LogP contribution is 2.43. The van der Waals surface area contributed by atoms with Gasteiger partial charge >= 0.3 is 6.18 Å². The Bertz CT molecular complexity index is 1130. The number of nitrogens with one attached hydrogen (secondary N) is 1. The van der Waals surface area contributed by atoms with Crippen LogP contribution in [-0.4, -0.2) is 43.6 Å². The number of hydrogen-bond acceptors (Lipinski definition) is 4. The molecule has 0 spiro atoms. The minimum absolute atomic E-state index is 0.0321. The van der Waals surface area contributed by atoms with Gasteiger partial charge in [-0.2, -0.15) is 23.4 Å². The highest BCUT2D eigenvalue weighted by molar-refractivity contribution is 5.93. The van der Waals surface area contributed by atoms with Crippen LogP contribution in [0.25, 0.3) is 0 Å². The van der Waals surface area contributed by atoms with Gasteiger partial charge in [-0.25, -0.2) is 4.68 Å². The molecule has 170 valence electrons. The summed E-state index contributed by atoms with van der Waals surface area (Å²) in [6, 6.07) is 6.42. The zero-order valence-electron chi connectivity index (χ0n) is 18.3. The molecule has 10 heteroatoms. The zero-order chi connectivity index (χ0) is 23.2. The van der Waals surface area contributed by atoms with Gasteiger partial charge < -0.3 is 10.2 Å². The molecule has 1 aliphatic heterocycles. The Kier molecular flexibility index (Phi) is 5.47. The first-order valence-electron chi connectivity index (χ1n) is 10.3. The minimum Gasteiger partial charge on any atom is -0.363 e. The number of rotatable bonds is 4. The molecule has 3 heterocycles. The van der Waals surface area contributed by atoms with E-state index in [9.17, 15) is 18.0 Å². The average molecular weight is 446 g/mol. The molecule has 0 saturated heterocycles. The normalized spacial score (nSPS) is 18.2. The van der Waals surface area contributed by atoms with E-state index in [-0.39, 0.29) is 24.5 Å². The van der Waals surface area contributed by atoms with Crippen molar-refractivity contribution in [2.75, 3.05) is 12.4 Å². The van der Waals surface area contributed by atoms with Crippen LogP contribution in [0.2, 0.25) is 0 Å². The maximum Gasteiger partial charge on any atom is 0.410 e. The molecule has 1 aliphatic rings. The van der Waals surface area contributed by atoms with Crippen LogP contribution >= 0.6 is 0 Å². The SMILES string of the molecule is Cc1ccc([C@H]2C[C@@H](C(F)(F)F)n3nc(C(=O)N(C)Cc4cnn(C)c4C)cc3N2)cc1. The van der Waals surface area contributed by atoms with Crippen LogP contribution in [0.1, 0.15) is 51.4 Å². The Balaban J connectivity index is 1.61. The van der Waals surface area contributed by atoms with E-state index in [0.29, 0.717) is 0 Å². The van der Waals surface area contributed by atoms with E-state index in [2.05, 4.69) is 15.5 Å². The van der Waals surface area contributed by atoms with Gasteiger partial charge in [0.1, 0.15) is 5.82 Å². The second kappa shape index (κ2) is 7.99. The number of aromatic nitrogens is 4. The summed E-state index contributed by atoms with van der Waals surface area (Å²) in [5.74, 6) is -0.275. The van der Waals surface area contributed by atoms with Gasteiger partial charge in [-0.15, -0.1) is 0 Å². The number of anilines is 1. The van der Waals surface area contributed by atoms with Crippen LogP contribution in [0.5, 0.6) is 0 Å². The number of benzene rings is 1. The number of fused-ring (bicyclic) bond motifs is 1. The Hall–Kier alpha value is -3.30. The van der Waals surface area contributed by atoms with E-state index >= 15 is 0 Å². The second-order valence-electron chi connectivity index (χ2n) is 8.30. The number of carbonyl (C=O) groups excluding carboxylic acids is 1. The highest BCUT2D eigenvalue weighted by atomic mass is 19.4. The molecule has 0 unspecified atom stereocenters. The summed E-state index contributed by atoms with van der Waals surface area (Å²) in [5, 5.41) is 11.3. The van der Waals surface area contributed by atoms with Crippen LogP contribution in [0, 0.1) is 13.8 Å². The number of amides is 1. The molecule has 0 radical (unpaired) electrons. The van der Waals surface area contributed by atoms with Crippen LogP contribution in [0.15, 0.2) is 36.5 Å². The van der Waals surface area contributed by atoms with Crippen LogP contribution in [-0.2, 0) is 13.6 Å². The molecule has 4 rings (SSSR count). The lowest BCUT2D eigenvalue weighted by atomic mass is 9.96. The first-order valence-corrected chi connectivity index (χ1v) is 10.3. The first kappa shape index (κ1) is 21.9. The fraction of sp³-hybridized carbons (Fsp3) is 0.409. The first-order chi connectivity index (χ1) is 15.0. The number of halogens is 3. The van der Waals surface area contributed by atoms with Crippen LogP contribution in [0.4, 0.5) is 19.0 Å². The molecular weight excluding hydrogens is 421 g/mol. The standard InChI is InChI=1S/C22H25F3N6O/c1-13-5-7-15(8-6-13)17-9-19(22(23,24)25)31-20(27-17)10-18(28-31)21(32)29(3)12-16-11-26-30(4)14(16)2/h5-8,10-11,17,19,27H,9,12H2,1-4H3/t17-,19+/m1/s1. The van der Waals surface area contributed by atoms with E-state index in [0.717, 1.165) is 27.1 Å². The Labute approximate surface area is 183 Å². The number of hydrogen-bond donors (Lipinski definition) is 1. The molecule has 1 aromatic carbocycles. The van der Waals surface area contributed by atoms with Crippen molar-refractivity contribution in [3.05, 3.63) is 64.6 Å². The molecule has 0 bridgehead atoms. The molecule has 3 aromatic rings. The van der Waals surface area contributed by atoms with Gasteiger partial charge in [-0.1, -0.05) is 29.8 Å². The summed E-state index contributed by atoms with van der Waals surface area (Å²) >= 11 is 0. The molecule has 1 N–H and O–H groups in total. The van der Waals surface area contributed by atoms with E-state index in [1.54, 1.807) is 25.0 Å². The molecule has 0 aliphatic carbocycles. The van der Waals surface area contributed by atoms with Gasteiger partial charge in [0.25, 0.3) is 5.91 Å². The van der Waals surface area contributed by atoms with Crippen molar-refractivity contribution in [3.63, 3.8) is 0 Å². The van der Waals surface area contributed by atoms with E-state index in [1.165, 1.54) is 11.0 Å². The Morgan fingerprint density at radius 2 is 1.94 bits per heavy atom. The maximum atomic E-state index is 13.9. The Morgan fingerprint density at radius 3 is 2.53 bits per heavy atom. The van der Waals surface area contributed by atoms with Crippen molar-refractivity contribution in [1.82, 2.24) is 24.5 Å². The van der Waals surface area contributed by atoms with Gasteiger partial charge in [-0.05, 0) is 19.4 Å². The van der Waals surface area contributed by atoms with Gasteiger partial charge in [-0.3, -0.25) is 9.48 Å². The second-order valence-corrected chi connectivity index (χ2v) is 8.30. The fourth-order valence-electron chi connectivity index (χ4n) is 3.92. The number of nitrogens with zero attached hydrogens (tertiary/aromatic N) is 5. The minimum atomic E-state index is -4.50. The van der Waals surface area contributed by atoms with Gasteiger partial charge in [0, 0.05) is 44.4 Å². The maximum absolute atomic E-state index is 13.9. The lowest BCUT2D eigenvalue weighted by Crippen LogP contribution is -2.35. The predicted molar refractivity (Wildman–Crippen MR) is 113 cm³/mol. The monoisotopic (exact) mass is 446 g/mol. The lowest BCUT2D eigenvalue weighted by molar-refractivity contribution is -0.173. The smallest absolute Gasteiger partial charge is 0.363 e. The molecule has 0 saturated carbocycles. The Morgan fingerprint density at radius 1 is 1.25 bits per heavy atom. The van der Waals surface area contributed by atoms with Crippen molar-refractivity contribution < 1.29 is 18.0 Å². The predicted octanol–water partition coefficient (Wildman–Crippen LogP) is 4.17. The third-order valence-electron chi connectivity index (χ3n) is 5.98. The third kappa shape index (κ3) is 4.09. The van der Waals surface area contributed by atoms with E-state index in [4.69, 9.17) is 0 Å². The summed E-state index contributed by atoms with van der Waals surface area (Å²) in [4.78, 5) is 14.4. The summed E-state index contributed by atoms with van der Waals surface area (Å²) in [6.07, 6.45) is -3.03. The summed E-state index contributed by atoms with van der Waals surface area (Å²) in [6.45, 7) is 4.09. The third-order valence-corrected chi connectivity index (χ3v) is 5.98. The molecule has 7 nitrogen and oxygen atoms in total. The molecule has 1 amide bonds. The number of alkyl halides is 3. The molecule has 2 aromatic heterocycles. The molecule has 2 atom stereocenters.